The molecule has 0 aromatic heterocycles. The van der Waals surface area contributed by atoms with Gasteiger partial charge in [0, 0.05) is 4.43 Å². The molecule has 0 nitrogen and oxygen atoms in total. The zero-order valence-electron chi connectivity index (χ0n) is 5.18. The summed E-state index contributed by atoms with van der Waals surface area (Å²) in [6.45, 7) is 0. The van der Waals surface area contributed by atoms with Crippen LogP contribution in [0.5, 0.6) is 0 Å². The van der Waals surface area contributed by atoms with Crippen LogP contribution in [0.15, 0.2) is 30.3 Å². The molecule has 0 heterocycles. The van der Waals surface area contributed by atoms with Crippen molar-refractivity contribution in [1.82, 2.24) is 0 Å². The van der Waals surface area contributed by atoms with Gasteiger partial charge in [0.2, 0.25) is 0 Å². The molecule has 48 valence electrons. The van der Waals surface area contributed by atoms with Crippen molar-refractivity contribution in [2.45, 2.75) is 4.43 Å². The van der Waals surface area contributed by atoms with Crippen molar-refractivity contribution in [3.05, 3.63) is 35.9 Å². The van der Waals surface area contributed by atoms with Gasteiger partial charge >= 0.3 is 0 Å². The van der Waals surface area contributed by atoms with Gasteiger partial charge < -0.3 is 0 Å². The number of hydrogen-bond donors (Lipinski definition) is 0. The summed E-state index contributed by atoms with van der Waals surface area (Å²) in [6, 6.07) is 10.5. The number of benzene rings is 1. The third kappa shape index (κ3) is 2.26. The predicted molar refractivity (Wildman–Crippen MR) is 51.3 cm³/mol. The van der Waals surface area contributed by atoms with Gasteiger partial charge in [-0.15, -0.1) is 20.7 Å². The molecule has 0 spiro atoms. The fraction of sp³-hybridized carbons (Fsp3) is 0.125. The second kappa shape index (κ2) is 3.77. The second-order valence-electron chi connectivity index (χ2n) is 1.81. The fourth-order valence-electron chi connectivity index (χ4n) is 0.676. The number of alkyl halides is 1. The Kier molecular flexibility index (Phi) is 2.91. The minimum atomic E-state index is 0.179. The first-order chi connectivity index (χ1) is 4.43. The maximum atomic E-state index is 3.89. The summed E-state index contributed by atoms with van der Waals surface area (Å²) in [6.07, 6.45) is 0. The zero-order valence-corrected chi connectivity index (χ0v) is 7.34. The highest BCUT2D eigenvalue weighted by Gasteiger charge is 1.82. The van der Waals surface area contributed by atoms with Gasteiger partial charge in [-0.25, -0.2) is 0 Å². The summed E-state index contributed by atoms with van der Waals surface area (Å²) in [7, 11) is 0. The Balaban J connectivity index is 2.72. The standard InChI is InChI=1S/C8H9I/c1-9-7-8-5-3-2-4-6-8/h2-6H,1,7H2. The van der Waals surface area contributed by atoms with E-state index in [1.807, 2.05) is 6.07 Å². The van der Waals surface area contributed by atoms with Gasteiger partial charge in [0.1, 0.15) is 0 Å². The summed E-state index contributed by atoms with van der Waals surface area (Å²) >= 11 is 0.179. The molecular formula is C8H9I. The molecule has 1 aromatic carbocycles. The van der Waals surface area contributed by atoms with E-state index >= 15 is 0 Å². The molecule has 0 fully saturated rings. The van der Waals surface area contributed by atoms with Crippen LogP contribution in [-0.4, -0.2) is 4.51 Å². The highest BCUT2D eigenvalue weighted by atomic mass is 127. The monoisotopic (exact) mass is 232 g/mol. The lowest BCUT2D eigenvalue weighted by molar-refractivity contribution is 1.46. The zero-order chi connectivity index (χ0) is 6.53. The van der Waals surface area contributed by atoms with Crippen molar-refractivity contribution >= 4 is 25.2 Å². The Labute approximate surface area is 65.7 Å². The van der Waals surface area contributed by atoms with Crippen LogP contribution in [-0.2, 0) is 4.43 Å². The molecular weight excluding hydrogens is 223 g/mol. The van der Waals surface area contributed by atoms with E-state index in [-0.39, 0.29) is 20.7 Å². The largest absolute Gasteiger partial charge is 0.126 e. The lowest BCUT2D eigenvalue weighted by atomic mass is 10.2. The molecule has 0 saturated carbocycles. The number of hydrogen-bond acceptors (Lipinski definition) is 0. The topological polar surface area (TPSA) is 0 Å². The SMILES string of the molecule is C=ICc1ccccc1. The first-order valence-electron chi connectivity index (χ1n) is 2.80. The Morgan fingerprint density at radius 1 is 1.22 bits per heavy atom. The Morgan fingerprint density at radius 3 is 2.44 bits per heavy atom. The van der Waals surface area contributed by atoms with Crippen LogP contribution in [0.25, 0.3) is 0 Å². The van der Waals surface area contributed by atoms with Crippen LogP contribution >= 0.6 is 20.7 Å². The molecule has 0 saturated heterocycles. The van der Waals surface area contributed by atoms with Gasteiger partial charge in [-0.05, 0) is 5.56 Å². The maximum absolute atomic E-state index is 3.89. The second-order valence-corrected chi connectivity index (χ2v) is 3.65. The van der Waals surface area contributed by atoms with Crippen LogP contribution in [0.3, 0.4) is 0 Å². The third-order valence-electron chi connectivity index (χ3n) is 1.09. The normalized spacial score (nSPS) is 9.33. The molecule has 1 heteroatoms. The van der Waals surface area contributed by atoms with Crippen molar-refractivity contribution in [2.75, 3.05) is 0 Å². The molecule has 0 aliphatic rings. The van der Waals surface area contributed by atoms with Crippen molar-refractivity contribution in [2.24, 2.45) is 0 Å². The molecule has 0 bridgehead atoms. The van der Waals surface area contributed by atoms with E-state index in [0.717, 1.165) is 0 Å². The van der Waals surface area contributed by atoms with Gasteiger partial charge in [-0.2, -0.15) is 0 Å². The van der Waals surface area contributed by atoms with Crippen molar-refractivity contribution in [1.29, 1.82) is 0 Å². The Morgan fingerprint density at radius 2 is 1.89 bits per heavy atom. The summed E-state index contributed by atoms with van der Waals surface area (Å²) in [5.41, 5.74) is 1.43. The van der Waals surface area contributed by atoms with Crippen molar-refractivity contribution in [3.63, 3.8) is 0 Å². The van der Waals surface area contributed by atoms with Crippen LogP contribution in [0, 0.1) is 0 Å². The Hall–Kier alpha value is -0.180. The molecule has 9 heavy (non-hydrogen) atoms. The van der Waals surface area contributed by atoms with E-state index in [1.165, 1.54) is 9.99 Å². The van der Waals surface area contributed by atoms with Crippen LogP contribution in [0.1, 0.15) is 5.56 Å². The van der Waals surface area contributed by atoms with E-state index in [1.54, 1.807) is 0 Å². The molecule has 0 aliphatic carbocycles. The molecule has 1 aromatic rings. The predicted octanol–water partition coefficient (Wildman–Crippen LogP) is 2.59. The van der Waals surface area contributed by atoms with Crippen molar-refractivity contribution in [3.8, 4) is 0 Å². The first kappa shape index (κ1) is 6.93. The van der Waals surface area contributed by atoms with Gasteiger partial charge in [0.05, 0.1) is 0 Å². The van der Waals surface area contributed by atoms with Gasteiger partial charge in [-0.1, -0.05) is 34.8 Å². The molecule has 0 radical (unpaired) electrons. The van der Waals surface area contributed by atoms with E-state index in [4.69, 9.17) is 0 Å². The maximum Gasteiger partial charge on any atom is 0.0194 e. The number of halogens is 1. The molecule has 0 N–H and O–H groups in total. The molecule has 1 rings (SSSR count). The average Bonchev–Trinajstić information content (AvgIpc) is 1.91. The Bertz CT molecular complexity index is 179. The average molecular weight is 232 g/mol. The van der Waals surface area contributed by atoms with E-state index in [2.05, 4.69) is 28.8 Å². The smallest absolute Gasteiger partial charge is 0.0194 e. The minimum Gasteiger partial charge on any atom is -0.126 e. The lowest BCUT2D eigenvalue weighted by Gasteiger charge is -1.90. The van der Waals surface area contributed by atoms with Crippen LogP contribution < -0.4 is 0 Å². The van der Waals surface area contributed by atoms with Gasteiger partial charge in [-0.3, -0.25) is 0 Å². The third-order valence-corrected chi connectivity index (χ3v) is 2.51. The fourth-order valence-corrected chi connectivity index (χ4v) is 1.81. The summed E-state index contributed by atoms with van der Waals surface area (Å²) in [5.74, 6) is 0. The van der Waals surface area contributed by atoms with Crippen LogP contribution in [0.2, 0.25) is 0 Å². The van der Waals surface area contributed by atoms with Crippen LogP contribution in [0.4, 0.5) is 0 Å². The quantitative estimate of drug-likeness (QED) is 0.543. The van der Waals surface area contributed by atoms with E-state index in [9.17, 15) is 0 Å². The van der Waals surface area contributed by atoms with E-state index < -0.39 is 0 Å². The molecule has 0 unspecified atom stereocenters. The first-order valence-corrected chi connectivity index (χ1v) is 5.85. The highest BCUT2D eigenvalue weighted by Crippen LogP contribution is 2.06. The van der Waals surface area contributed by atoms with Crippen molar-refractivity contribution < 1.29 is 0 Å². The van der Waals surface area contributed by atoms with Gasteiger partial charge in [0.15, 0.2) is 0 Å². The minimum absolute atomic E-state index is 0.179. The lowest BCUT2D eigenvalue weighted by Crippen LogP contribution is -1.71. The summed E-state index contributed by atoms with van der Waals surface area (Å²) in [5, 5.41) is 0. The number of rotatable bonds is 2. The summed E-state index contributed by atoms with van der Waals surface area (Å²) < 4.78 is 5.10. The molecule has 0 aliphatic heterocycles. The highest BCUT2D eigenvalue weighted by molar-refractivity contribution is 14.2. The molecule has 0 atom stereocenters. The molecule has 0 amide bonds. The van der Waals surface area contributed by atoms with Gasteiger partial charge in [0.25, 0.3) is 0 Å². The van der Waals surface area contributed by atoms with E-state index in [0.29, 0.717) is 0 Å². The summed E-state index contributed by atoms with van der Waals surface area (Å²) in [4.78, 5) is 0.